The predicted octanol–water partition coefficient (Wildman–Crippen LogP) is 1.66. The maximum Gasteiger partial charge on any atom is 0.504 e. The van der Waals surface area contributed by atoms with Gasteiger partial charge in [0.2, 0.25) is 0 Å². The summed E-state index contributed by atoms with van der Waals surface area (Å²) in [5.74, 6) is 0.825. The van der Waals surface area contributed by atoms with E-state index in [0.29, 0.717) is 6.04 Å². The topological polar surface area (TPSA) is 36.9 Å². The quantitative estimate of drug-likeness (QED) is 0.711. The lowest BCUT2D eigenvalue weighted by Crippen LogP contribution is -2.45. The molecule has 4 nitrogen and oxygen atoms in total. The van der Waals surface area contributed by atoms with Gasteiger partial charge in [0.1, 0.15) is 5.75 Å². The minimum absolute atomic E-state index is 0.598. The maximum atomic E-state index is 5.38. The van der Waals surface area contributed by atoms with E-state index in [4.69, 9.17) is 18.0 Å². The standard InChI is InChI=1S/C11H18O4Si/c1-12-11-8-6-5-7-10(11)9-16(13-2,14-3)15-4/h5-8H,9H2,1-4H3. The first-order valence-corrected chi connectivity index (χ1v) is 6.92. The highest BCUT2D eigenvalue weighted by atomic mass is 28.4. The summed E-state index contributed by atoms with van der Waals surface area (Å²) in [4.78, 5) is 0. The van der Waals surface area contributed by atoms with E-state index in [1.54, 1.807) is 28.4 Å². The second kappa shape index (κ2) is 6.00. The molecule has 0 aliphatic carbocycles. The molecular formula is C11H18O4Si. The molecule has 16 heavy (non-hydrogen) atoms. The zero-order valence-corrected chi connectivity index (χ0v) is 11.1. The van der Waals surface area contributed by atoms with Gasteiger partial charge in [-0.15, -0.1) is 0 Å². The van der Waals surface area contributed by atoms with Crippen LogP contribution in [0.25, 0.3) is 0 Å². The van der Waals surface area contributed by atoms with Crippen molar-refractivity contribution in [3.63, 3.8) is 0 Å². The molecule has 0 fully saturated rings. The first kappa shape index (κ1) is 13.2. The molecule has 0 N–H and O–H groups in total. The molecular weight excluding hydrogens is 224 g/mol. The normalized spacial score (nSPS) is 11.5. The lowest BCUT2D eigenvalue weighted by Gasteiger charge is -2.25. The molecule has 5 heteroatoms. The number of benzene rings is 1. The van der Waals surface area contributed by atoms with E-state index < -0.39 is 8.80 Å². The van der Waals surface area contributed by atoms with Crippen molar-refractivity contribution < 1.29 is 18.0 Å². The van der Waals surface area contributed by atoms with Gasteiger partial charge in [-0.3, -0.25) is 0 Å². The van der Waals surface area contributed by atoms with Crippen molar-refractivity contribution in [2.75, 3.05) is 28.4 Å². The highest BCUT2D eigenvalue weighted by Gasteiger charge is 2.38. The van der Waals surface area contributed by atoms with Crippen LogP contribution in [0.3, 0.4) is 0 Å². The number of ether oxygens (including phenoxy) is 1. The van der Waals surface area contributed by atoms with Crippen molar-refractivity contribution in [1.82, 2.24) is 0 Å². The molecule has 1 aromatic carbocycles. The highest BCUT2D eigenvalue weighted by Crippen LogP contribution is 2.23. The first-order chi connectivity index (χ1) is 7.71. The molecule has 0 aliphatic heterocycles. The van der Waals surface area contributed by atoms with E-state index in [-0.39, 0.29) is 0 Å². The van der Waals surface area contributed by atoms with Crippen LogP contribution in [-0.4, -0.2) is 37.2 Å². The third-order valence-electron chi connectivity index (χ3n) is 2.53. The summed E-state index contributed by atoms with van der Waals surface area (Å²) < 4.78 is 21.4. The van der Waals surface area contributed by atoms with Gasteiger partial charge in [0, 0.05) is 27.4 Å². The average molecular weight is 242 g/mol. The van der Waals surface area contributed by atoms with E-state index in [9.17, 15) is 0 Å². The Morgan fingerprint density at radius 3 is 2.00 bits per heavy atom. The summed E-state index contributed by atoms with van der Waals surface area (Å²) in [6.45, 7) is 0. The van der Waals surface area contributed by atoms with Crippen molar-refractivity contribution in [2.45, 2.75) is 6.04 Å². The summed E-state index contributed by atoms with van der Waals surface area (Å²) >= 11 is 0. The molecule has 0 atom stereocenters. The molecule has 1 rings (SSSR count). The van der Waals surface area contributed by atoms with Gasteiger partial charge in [0.15, 0.2) is 0 Å². The van der Waals surface area contributed by atoms with Crippen molar-refractivity contribution in [1.29, 1.82) is 0 Å². The van der Waals surface area contributed by atoms with Crippen molar-refractivity contribution >= 4 is 8.80 Å². The van der Waals surface area contributed by atoms with Crippen LogP contribution in [0.1, 0.15) is 5.56 Å². The van der Waals surface area contributed by atoms with Crippen LogP contribution in [0.4, 0.5) is 0 Å². The summed E-state index contributed by atoms with van der Waals surface area (Å²) in [6, 6.07) is 8.38. The molecule has 0 heterocycles. The molecule has 0 unspecified atom stereocenters. The summed E-state index contributed by atoms with van der Waals surface area (Å²) in [5, 5.41) is 0. The summed E-state index contributed by atoms with van der Waals surface area (Å²) in [6.07, 6.45) is 0. The van der Waals surface area contributed by atoms with Crippen molar-refractivity contribution in [2.24, 2.45) is 0 Å². The van der Waals surface area contributed by atoms with Crippen molar-refractivity contribution in [3.05, 3.63) is 29.8 Å². The summed E-state index contributed by atoms with van der Waals surface area (Å²) in [7, 11) is 3.88. The SMILES string of the molecule is COc1ccccc1C[Si](OC)(OC)OC. The molecule has 90 valence electrons. The summed E-state index contributed by atoms with van der Waals surface area (Å²) in [5.41, 5.74) is 1.03. The third-order valence-corrected chi connectivity index (χ3v) is 5.21. The van der Waals surface area contributed by atoms with Gasteiger partial charge in [0.25, 0.3) is 0 Å². The van der Waals surface area contributed by atoms with E-state index >= 15 is 0 Å². The third kappa shape index (κ3) is 2.82. The molecule has 0 aliphatic rings. The maximum absolute atomic E-state index is 5.38. The fourth-order valence-corrected chi connectivity index (χ4v) is 3.24. The minimum atomic E-state index is -2.59. The average Bonchev–Trinajstić information content (AvgIpc) is 2.36. The molecule has 0 radical (unpaired) electrons. The lowest BCUT2D eigenvalue weighted by molar-refractivity contribution is 0.122. The van der Waals surface area contributed by atoms with Gasteiger partial charge in [-0.25, -0.2) is 0 Å². The van der Waals surface area contributed by atoms with Crippen LogP contribution >= 0.6 is 0 Å². The van der Waals surface area contributed by atoms with E-state index in [2.05, 4.69) is 0 Å². The Kier molecular flexibility index (Phi) is 4.95. The predicted molar refractivity (Wildman–Crippen MR) is 63.5 cm³/mol. The Labute approximate surface area is 97.5 Å². The zero-order valence-electron chi connectivity index (χ0n) is 10.1. The monoisotopic (exact) mass is 242 g/mol. The Morgan fingerprint density at radius 2 is 1.50 bits per heavy atom. The molecule has 0 aromatic heterocycles. The number of hydrogen-bond donors (Lipinski definition) is 0. The van der Waals surface area contributed by atoms with Crippen molar-refractivity contribution in [3.8, 4) is 5.75 Å². The van der Waals surface area contributed by atoms with Crippen LogP contribution in [0, 0.1) is 0 Å². The number of hydrogen-bond acceptors (Lipinski definition) is 4. The van der Waals surface area contributed by atoms with Gasteiger partial charge in [0.05, 0.1) is 7.11 Å². The Balaban J connectivity index is 2.93. The Morgan fingerprint density at radius 1 is 0.938 bits per heavy atom. The first-order valence-electron chi connectivity index (χ1n) is 4.98. The van der Waals surface area contributed by atoms with Crippen LogP contribution in [0.5, 0.6) is 5.75 Å². The molecule has 1 aromatic rings. The van der Waals surface area contributed by atoms with Gasteiger partial charge in [-0.05, 0) is 11.6 Å². The zero-order chi connectivity index (χ0) is 12.0. The van der Waals surface area contributed by atoms with Gasteiger partial charge >= 0.3 is 8.80 Å². The largest absolute Gasteiger partial charge is 0.504 e. The highest BCUT2D eigenvalue weighted by molar-refractivity contribution is 6.60. The fraction of sp³-hybridized carbons (Fsp3) is 0.455. The molecule has 0 saturated carbocycles. The van der Waals surface area contributed by atoms with E-state index in [1.165, 1.54) is 0 Å². The number of para-hydroxylation sites is 1. The Hall–Kier alpha value is -0.883. The minimum Gasteiger partial charge on any atom is -0.496 e. The fourth-order valence-electron chi connectivity index (χ4n) is 1.55. The van der Waals surface area contributed by atoms with Gasteiger partial charge < -0.3 is 18.0 Å². The molecule has 0 amide bonds. The number of rotatable bonds is 6. The van der Waals surface area contributed by atoms with E-state index in [1.807, 2.05) is 24.3 Å². The number of methoxy groups -OCH3 is 1. The second-order valence-electron chi connectivity index (χ2n) is 3.28. The van der Waals surface area contributed by atoms with Crippen LogP contribution in [-0.2, 0) is 19.3 Å². The molecule has 0 spiro atoms. The van der Waals surface area contributed by atoms with Crippen LogP contribution in [0.15, 0.2) is 24.3 Å². The van der Waals surface area contributed by atoms with E-state index in [0.717, 1.165) is 11.3 Å². The molecule has 0 saturated heterocycles. The van der Waals surface area contributed by atoms with Gasteiger partial charge in [-0.2, -0.15) is 0 Å². The lowest BCUT2D eigenvalue weighted by atomic mass is 10.2. The molecule has 0 bridgehead atoms. The van der Waals surface area contributed by atoms with Crippen LogP contribution in [0.2, 0.25) is 0 Å². The smallest absolute Gasteiger partial charge is 0.496 e. The second-order valence-corrected chi connectivity index (χ2v) is 6.23. The Bertz CT molecular complexity index is 317. The van der Waals surface area contributed by atoms with Crippen LogP contribution < -0.4 is 4.74 Å². The van der Waals surface area contributed by atoms with Gasteiger partial charge in [-0.1, -0.05) is 18.2 Å².